The largest absolute Gasteiger partial charge is 0.505 e. The van der Waals surface area contributed by atoms with Crippen molar-refractivity contribution in [3.8, 4) is 11.5 Å². The molecule has 7 N–H and O–H groups in total. The maximum Gasteiger partial charge on any atom is 0.397 e. The normalized spacial score (nSPS) is 12.9. The molecule has 0 fully saturated rings. The van der Waals surface area contributed by atoms with Crippen molar-refractivity contribution in [2.75, 3.05) is 36.7 Å². The van der Waals surface area contributed by atoms with E-state index >= 15 is 0 Å². The lowest BCUT2D eigenvalue weighted by Crippen LogP contribution is -2.16. The molecule has 0 spiro atoms. The number of rotatable bonds is 21. The molecule has 0 aliphatic heterocycles. The van der Waals surface area contributed by atoms with Crippen LogP contribution in [-0.2, 0) is 59.0 Å². The van der Waals surface area contributed by atoms with Crippen molar-refractivity contribution in [2.24, 2.45) is 35.9 Å². The van der Waals surface area contributed by atoms with Gasteiger partial charge in [-0.15, -0.1) is 25.4 Å². The highest BCUT2D eigenvalue weighted by atomic mass is 32.3. The first-order valence-electron chi connectivity index (χ1n) is 16.4. The minimum Gasteiger partial charge on any atom is -0.505 e. The van der Waals surface area contributed by atoms with Crippen LogP contribution in [-0.4, -0.2) is 108 Å². The third kappa shape index (κ3) is 14.1. The van der Waals surface area contributed by atoms with E-state index in [1.807, 2.05) is 0 Å². The number of anilines is 1. The van der Waals surface area contributed by atoms with Crippen LogP contribution >= 0.6 is 0 Å². The van der Waals surface area contributed by atoms with E-state index in [0.717, 1.165) is 48.5 Å². The molecule has 0 unspecified atom stereocenters. The van der Waals surface area contributed by atoms with Gasteiger partial charge in [-0.3, -0.25) is 13.7 Å². The van der Waals surface area contributed by atoms with Gasteiger partial charge in [0.15, 0.2) is 31.1 Å². The SMILES string of the molecule is O=NCNc1cc(N=Nc2c(C(=O)O)cc(O)c(N=Nc3ccc(S(=O)(=O)CCOS(=O)(=O)O)cc3)c2O)ccc1N=Nc1ccc(S(=O)(=O)CCOS(=O)(=O)O)cc1S(=O)(=O)O. The van der Waals surface area contributed by atoms with E-state index in [-0.39, 0.29) is 27.6 Å². The minimum atomic E-state index is -5.20. The van der Waals surface area contributed by atoms with Gasteiger partial charge in [0.05, 0.1) is 57.1 Å². The highest BCUT2D eigenvalue weighted by Gasteiger charge is 2.25. The number of hydrogen-bond donors (Lipinski definition) is 7. The number of benzene rings is 4. The number of nitrogens with one attached hydrogen (secondary N) is 1. The van der Waals surface area contributed by atoms with Gasteiger partial charge in [-0.25, -0.2) is 30.0 Å². The van der Waals surface area contributed by atoms with Gasteiger partial charge in [-0.2, -0.15) is 35.5 Å². The van der Waals surface area contributed by atoms with Crippen molar-refractivity contribution in [2.45, 2.75) is 14.7 Å². The molecule has 0 aliphatic carbocycles. The number of aromatic carboxylic acids is 1. The lowest BCUT2D eigenvalue weighted by molar-refractivity contribution is 0.0696. The molecule has 4 aromatic carbocycles. The van der Waals surface area contributed by atoms with Gasteiger partial charge in [0, 0.05) is 0 Å². The van der Waals surface area contributed by atoms with Crippen LogP contribution in [0.1, 0.15) is 10.4 Å². The zero-order valence-corrected chi connectivity index (χ0v) is 35.0. The predicted octanol–water partition coefficient (Wildman–Crippen LogP) is 4.61. The first kappa shape index (κ1) is 49.4. The molecule has 33 heteroatoms. The zero-order valence-electron chi connectivity index (χ0n) is 31.0. The van der Waals surface area contributed by atoms with E-state index in [4.69, 9.17) is 9.11 Å². The van der Waals surface area contributed by atoms with Crippen LogP contribution in [0.2, 0.25) is 0 Å². The van der Waals surface area contributed by atoms with Gasteiger partial charge < -0.3 is 20.6 Å². The summed E-state index contributed by atoms with van der Waals surface area (Å²) in [6.45, 7) is -2.53. The molecule has 0 saturated heterocycles. The number of carboxylic acids is 1. The summed E-state index contributed by atoms with van der Waals surface area (Å²) in [6, 6.07) is 10.6. The Morgan fingerprint density at radius 2 is 1.11 bits per heavy atom. The summed E-state index contributed by atoms with van der Waals surface area (Å²) in [7, 11) is -23.6. The molecule has 0 saturated carbocycles. The first-order chi connectivity index (χ1) is 29.2. The van der Waals surface area contributed by atoms with E-state index in [0.29, 0.717) is 12.1 Å². The lowest BCUT2D eigenvalue weighted by atomic mass is 10.1. The number of carboxylic acid groups (broad SMARTS) is 1. The van der Waals surface area contributed by atoms with Crippen molar-refractivity contribution in [3.05, 3.63) is 77.2 Å². The maximum absolute atomic E-state index is 12.6. The second-order valence-corrected chi connectivity index (χ2v) is 19.6. The summed E-state index contributed by atoms with van der Waals surface area (Å²) < 4.78 is 152. The van der Waals surface area contributed by atoms with Gasteiger partial charge in [0.2, 0.25) is 0 Å². The van der Waals surface area contributed by atoms with Crippen LogP contribution in [0.25, 0.3) is 0 Å². The Hall–Kier alpha value is -6.30. The number of carbonyl (C=O) groups is 1. The fourth-order valence-corrected chi connectivity index (χ4v) is 8.41. The topological polar surface area (TPSA) is 443 Å². The highest BCUT2D eigenvalue weighted by molar-refractivity contribution is 7.92. The number of aromatic hydroxyl groups is 2. The van der Waals surface area contributed by atoms with Gasteiger partial charge in [-0.05, 0) is 71.9 Å². The summed E-state index contributed by atoms with van der Waals surface area (Å²) in [5.74, 6) is -5.52. The number of azo groups is 3. The minimum absolute atomic E-state index is 0.0595. The number of nitroso groups, excluding NO2 is 1. The Morgan fingerprint density at radius 3 is 1.67 bits per heavy atom. The fourth-order valence-electron chi connectivity index (χ4n) is 4.68. The molecule has 0 amide bonds. The van der Waals surface area contributed by atoms with Crippen LogP contribution in [0, 0.1) is 4.91 Å². The monoisotopic (exact) mass is 980 g/mol. The van der Waals surface area contributed by atoms with Crippen molar-refractivity contribution < 1.29 is 84.2 Å². The fraction of sp³-hybridized carbons (Fsp3) is 0.167. The van der Waals surface area contributed by atoms with Gasteiger partial charge in [-0.1, -0.05) is 0 Å². The highest BCUT2D eigenvalue weighted by Crippen LogP contribution is 2.47. The van der Waals surface area contributed by atoms with Crippen LogP contribution in [0.3, 0.4) is 0 Å². The van der Waals surface area contributed by atoms with Crippen LogP contribution in [0.5, 0.6) is 11.5 Å². The number of nitrogens with zero attached hydrogens (tertiary/aromatic N) is 7. The Balaban J connectivity index is 1.65. The first-order valence-corrected chi connectivity index (χ1v) is 23.8. The molecule has 0 bridgehead atoms. The molecular formula is C30H28N8O20S5. The molecule has 0 heterocycles. The number of sulfone groups is 2. The second-order valence-electron chi connectivity index (χ2n) is 11.8. The summed E-state index contributed by atoms with van der Waals surface area (Å²) >= 11 is 0. The third-order valence-electron chi connectivity index (χ3n) is 7.50. The number of phenols is 2. The summed E-state index contributed by atoms with van der Waals surface area (Å²) in [5.41, 5.74) is -3.35. The third-order valence-corrected chi connectivity index (χ3v) is 12.7. The summed E-state index contributed by atoms with van der Waals surface area (Å²) in [6.07, 6.45) is 0. The Morgan fingerprint density at radius 1 is 0.603 bits per heavy atom. The number of phenolic OH excluding ortho intramolecular Hbond substituents is 2. The molecule has 28 nitrogen and oxygen atoms in total. The van der Waals surface area contributed by atoms with Crippen molar-refractivity contribution in [1.82, 2.24) is 0 Å². The van der Waals surface area contributed by atoms with Crippen LogP contribution in [0.4, 0.5) is 39.8 Å². The van der Waals surface area contributed by atoms with E-state index in [1.165, 1.54) is 6.07 Å². The average Bonchev–Trinajstić information content (AvgIpc) is 3.17. The standard InChI is InChI=1S/C30H28N8O20S5/c39-25-15-21(30(41)42)27(29(40)28(25)38-33-17-1-4-19(5-2-17)59(44,45)11-9-57-62(51,52)53)37-34-18-3-7-22(24(13-18)31-16-32-43)35-36-23-8-6-20(14-26(23)61(48,49)50)60(46,47)12-10-58-63(54,55)56/h1-8,13-15,31,39-40H,9-12,16H2,(H,41,42)(H,48,49,50)(H,51,52,53)(H,54,55,56). The van der Waals surface area contributed by atoms with Crippen molar-refractivity contribution >= 4 is 96.4 Å². The molecule has 63 heavy (non-hydrogen) atoms. The Labute approximate surface area is 355 Å². The average molecular weight is 981 g/mol. The lowest BCUT2D eigenvalue weighted by Gasteiger charge is -2.09. The molecule has 0 aliphatic rings. The molecule has 4 rings (SSSR count). The molecule has 338 valence electrons. The molecule has 0 atom stereocenters. The molecular weight excluding hydrogens is 953 g/mol. The smallest absolute Gasteiger partial charge is 0.397 e. The van der Waals surface area contributed by atoms with Gasteiger partial charge >= 0.3 is 26.8 Å². The number of hydrogen-bond acceptors (Lipinski definition) is 24. The van der Waals surface area contributed by atoms with Crippen molar-refractivity contribution in [1.29, 1.82) is 0 Å². The van der Waals surface area contributed by atoms with Gasteiger partial charge in [0.25, 0.3) is 10.1 Å². The quantitative estimate of drug-likeness (QED) is 0.0340. The van der Waals surface area contributed by atoms with Crippen molar-refractivity contribution in [3.63, 3.8) is 0 Å². The van der Waals surface area contributed by atoms with E-state index in [2.05, 4.69) is 49.5 Å². The Bertz CT molecular complexity index is 3090. The predicted molar refractivity (Wildman–Crippen MR) is 212 cm³/mol. The van der Waals surface area contributed by atoms with E-state index in [1.54, 1.807) is 0 Å². The zero-order chi connectivity index (χ0) is 47.0. The summed E-state index contributed by atoms with van der Waals surface area (Å²) in [5, 5.41) is 59.1. The molecule has 0 aromatic heterocycles. The Kier molecular flexibility index (Phi) is 15.5. The molecule has 4 aromatic rings. The van der Waals surface area contributed by atoms with Gasteiger partial charge in [0.1, 0.15) is 34.4 Å². The summed E-state index contributed by atoms with van der Waals surface area (Å²) in [4.78, 5) is 20.9. The van der Waals surface area contributed by atoms with Crippen LogP contribution in [0.15, 0.2) is 117 Å². The second kappa shape index (κ2) is 19.8. The maximum atomic E-state index is 12.6. The van der Waals surface area contributed by atoms with Crippen LogP contribution < -0.4 is 5.32 Å². The van der Waals surface area contributed by atoms with E-state index in [9.17, 15) is 71.7 Å². The van der Waals surface area contributed by atoms with E-state index < -0.39 is 132 Å². The molecule has 0 radical (unpaired) electrons.